The van der Waals surface area contributed by atoms with Gasteiger partial charge in [0.15, 0.2) is 0 Å². The van der Waals surface area contributed by atoms with Crippen LogP contribution in [0, 0.1) is 5.82 Å². The number of nitrogens with zero attached hydrogens (tertiary/aromatic N) is 1. The van der Waals surface area contributed by atoms with Crippen molar-refractivity contribution in [2.45, 2.75) is 5.33 Å². The predicted molar refractivity (Wildman–Crippen MR) is 84.4 cm³/mol. The second-order valence-corrected chi connectivity index (χ2v) is 5.21. The van der Waals surface area contributed by atoms with E-state index < -0.39 is 0 Å². The molecule has 0 aliphatic rings. The fraction of sp³-hybridized carbons (Fsp3) is 0.0714. The van der Waals surface area contributed by atoms with Gasteiger partial charge in [-0.05, 0) is 24.3 Å². The predicted octanol–water partition coefficient (Wildman–Crippen LogP) is 4.93. The maximum absolute atomic E-state index is 14.1. The van der Waals surface area contributed by atoms with E-state index in [4.69, 9.17) is 0 Å². The number of hydrogen-bond donors (Lipinski definition) is 1. The summed E-state index contributed by atoms with van der Waals surface area (Å²) in [6.45, 7) is 0. The molecule has 0 radical (unpaired) electrons. The summed E-state index contributed by atoms with van der Waals surface area (Å²) >= 11 is 6.58. The van der Waals surface area contributed by atoms with Gasteiger partial charge in [-0.2, -0.15) is 5.10 Å². The summed E-state index contributed by atoms with van der Waals surface area (Å²) < 4.78 is 14.8. The van der Waals surface area contributed by atoms with Crippen LogP contribution in [0.25, 0.3) is 0 Å². The van der Waals surface area contributed by atoms with Crippen LogP contribution in [0.3, 0.4) is 0 Å². The molecule has 0 heterocycles. The van der Waals surface area contributed by atoms with E-state index in [0.29, 0.717) is 16.5 Å². The van der Waals surface area contributed by atoms with E-state index in [1.54, 1.807) is 6.07 Å². The summed E-state index contributed by atoms with van der Waals surface area (Å²) in [6.07, 6.45) is 1.47. The van der Waals surface area contributed by atoms with Crippen molar-refractivity contribution in [3.05, 3.63) is 63.9 Å². The Morgan fingerprint density at radius 3 is 2.58 bits per heavy atom. The quantitative estimate of drug-likeness (QED) is 0.450. The summed E-state index contributed by atoms with van der Waals surface area (Å²) in [4.78, 5) is 0. The third kappa shape index (κ3) is 3.64. The Morgan fingerprint density at radius 2 is 1.89 bits per heavy atom. The number of hydrazone groups is 1. The second kappa shape index (κ2) is 6.82. The molecule has 0 aliphatic heterocycles. The molecule has 0 fully saturated rings. The fourth-order valence-electron chi connectivity index (χ4n) is 1.53. The van der Waals surface area contributed by atoms with Gasteiger partial charge in [-0.25, -0.2) is 4.39 Å². The Morgan fingerprint density at radius 1 is 1.16 bits per heavy atom. The van der Waals surface area contributed by atoms with Crippen LogP contribution in [-0.4, -0.2) is 6.21 Å². The molecular weight excluding hydrogens is 375 g/mol. The van der Waals surface area contributed by atoms with Crippen molar-refractivity contribution in [3.8, 4) is 0 Å². The molecule has 2 rings (SSSR count). The number of halogens is 3. The molecule has 0 aliphatic carbocycles. The van der Waals surface area contributed by atoms with Gasteiger partial charge in [0.25, 0.3) is 0 Å². The van der Waals surface area contributed by atoms with E-state index >= 15 is 0 Å². The minimum atomic E-state index is -0.273. The van der Waals surface area contributed by atoms with Crippen molar-refractivity contribution in [3.63, 3.8) is 0 Å². The van der Waals surface area contributed by atoms with Gasteiger partial charge >= 0.3 is 0 Å². The Balaban J connectivity index is 2.15. The molecule has 98 valence electrons. The average Bonchev–Trinajstić information content (AvgIpc) is 2.43. The van der Waals surface area contributed by atoms with Crippen molar-refractivity contribution < 1.29 is 4.39 Å². The van der Waals surface area contributed by atoms with Gasteiger partial charge < -0.3 is 0 Å². The third-order valence-corrected chi connectivity index (χ3v) is 3.82. The van der Waals surface area contributed by atoms with Crippen LogP contribution in [0.5, 0.6) is 0 Å². The standard InChI is InChI=1S/C14H11Br2FN2/c15-8-12-13(16)7-6-10(14(12)17)9-18-19-11-4-2-1-3-5-11/h1-7,9,19H,8H2. The van der Waals surface area contributed by atoms with E-state index in [0.717, 1.165) is 10.2 Å². The summed E-state index contributed by atoms with van der Waals surface area (Å²) in [6, 6.07) is 13.0. The Kier molecular flexibility index (Phi) is 5.10. The SMILES string of the molecule is Fc1c(C=NNc2ccccc2)ccc(Br)c1CBr. The Labute approximate surface area is 128 Å². The lowest BCUT2D eigenvalue weighted by Crippen LogP contribution is -1.97. The lowest BCUT2D eigenvalue weighted by Gasteiger charge is -2.05. The van der Waals surface area contributed by atoms with Crippen molar-refractivity contribution in [2.75, 3.05) is 5.43 Å². The maximum Gasteiger partial charge on any atom is 0.137 e. The molecular formula is C14H11Br2FN2. The Bertz CT molecular complexity index is 585. The zero-order chi connectivity index (χ0) is 13.7. The summed E-state index contributed by atoms with van der Waals surface area (Å²) in [7, 11) is 0. The lowest BCUT2D eigenvalue weighted by molar-refractivity contribution is 0.614. The van der Waals surface area contributed by atoms with E-state index in [2.05, 4.69) is 42.4 Å². The number of hydrogen-bond acceptors (Lipinski definition) is 2. The molecule has 0 aromatic heterocycles. The first-order valence-electron chi connectivity index (χ1n) is 5.59. The van der Waals surface area contributed by atoms with Crippen LogP contribution >= 0.6 is 31.9 Å². The van der Waals surface area contributed by atoms with Crippen LogP contribution in [0.1, 0.15) is 11.1 Å². The smallest absolute Gasteiger partial charge is 0.137 e. The van der Waals surface area contributed by atoms with Crippen molar-refractivity contribution in [2.24, 2.45) is 5.10 Å². The van der Waals surface area contributed by atoms with Gasteiger partial charge in [-0.1, -0.05) is 50.1 Å². The Hall–Kier alpha value is -1.20. The zero-order valence-electron chi connectivity index (χ0n) is 9.91. The molecule has 5 heteroatoms. The summed E-state index contributed by atoms with van der Waals surface area (Å²) in [5.74, 6) is -0.273. The topological polar surface area (TPSA) is 24.4 Å². The van der Waals surface area contributed by atoms with Gasteiger partial charge in [-0.3, -0.25) is 5.43 Å². The highest BCUT2D eigenvalue weighted by Gasteiger charge is 2.09. The molecule has 0 spiro atoms. The molecule has 2 aromatic rings. The van der Waals surface area contributed by atoms with Crippen LogP contribution in [0.2, 0.25) is 0 Å². The van der Waals surface area contributed by atoms with Gasteiger partial charge in [-0.15, -0.1) is 0 Å². The van der Waals surface area contributed by atoms with Gasteiger partial charge in [0.05, 0.1) is 11.9 Å². The number of rotatable bonds is 4. The van der Waals surface area contributed by atoms with Crippen molar-refractivity contribution in [1.82, 2.24) is 0 Å². The summed E-state index contributed by atoms with van der Waals surface area (Å²) in [5, 5.41) is 4.48. The molecule has 19 heavy (non-hydrogen) atoms. The molecule has 0 saturated carbocycles. The summed E-state index contributed by atoms with van der Waals surface area (Å²) in [5.41, 5.74) is 4.74. The third-order valence-electron chi connectivity index (χ3n) is 2.52. The van der Waals surface area contributed by atoms with Crippen LogP contribution in [0.15, 0.2) is 52.0 Å². The molecule has 0 bridgehead atoms. The van der Waals surface area contributed by atoms with E-state index in [-0.39, 0.29) is 5.82 Å². The highest BCUT2D eigenvalue weighted by Crippen LogP contribution is 2.24. The lowest BCUT2D eigenvalue weighted by atomic mass is 10.1. The van der Waals surface area contributed by atoms with Crippen LogP contribution in [0.4, 0.5) is 10.1 Å². The van der Waals surface area contributed by atoms with E-state index in [9.17, 15) is 4.39 Å². The molecule has 0 saturated heterocycles. The van der Waals surface area contributed by atoms with E-state index in [1.807, 2.05) is 36.4 Å². The first-order chi connectivity index (χ1) is 9.22. The monoisotopic (exact) mass is 384 g/mol. The van der Waals surface area contributed by atoms with Crippen LogP contribution in [-0.2, 0) is 5.33 Å². The van der Waals surface area contributed by atoms with E-state index in [1.165, 1.54) is 6.21 Å². The number of nitrogens with one attached hydrogen (secondary N) is 1. The van der Waals surface area contributed by atoms with Gasteiger partial charge in [0, 0.05) is 20.9 Å². The highest BCUT2D eigenvalue weighted by atomic mass is 79.9. The zero-order valence-corrected chi connectivity index (χ0v) is 13.1. The number of anilines is 1. The van der Waals surface area contributed by atoms with Gasteiger partial charge in [0.2, 0.25) is 0 Å². The minimum absolute atomic E-state index is 0.273. The van der Waals surface area contributed by atoms with Crippen LogP contribution < -0.4 is 5.43 Å². The highest BCUT2D eigenvalue weighted by molar-refractivity contribution is 9.10. The molecule has 0 atom stereocenters. The first-order valence-corrected chi connectivity index (χ1v) is 7.51. The molecule has 1 N–H and O–H groups in total. The number of benzene rings is 2. The van der Waals surface area contributed by atoms with Crippen molar-refractivity contribution in [1.29, 1.82) is 0 Å². The normalized spacial score (nSPS) is 10.9. The molecule has 0 amide bonds. The molecule has 2 aromatic carbocycles. The van der Waals surface area contributed by atoms with Gasteiger partial charge in [0.1, 0.15) is 5.82 Å². The largest absolute Gasteiger partial charge is 0.279 e. The molecule has 0 unspecified atom stereocenters. The maximum atomic E-state index is 14.1. The number of alkyl halides is 1. The average molecular weight is 386 g/mol. The second-order valence-electron chi connectivity index (χ2n) is 3.80. The minimum Gasteiger partial charge on any atom is -0.279 e. The first kappa shape index (κ1) is 14.2. The number of para-hydroxylation sites is 1. The van der Waals surface area contributed by atoms with Crippen molar-refractivity contribution >= 4 is 43.8 Å². The molecule has 2 nitrogen and oxygen atoms in total. The fourth-order valence-corrected chi connectivity index (χ4v) is 2.90.